The van der Waals surface area contributed by atoms with Crippen LogP contribution in [0.3, 0.4) is 0 Å². The Balaban J connectivity index is 2.86. The molecule has 0 aliphatic rings. The summed E-state index contributed by atoms with van der Waals surface area (Å²) in [5.74, 6) is 0.106. The number of nitrogen functional groups attached to an aromatic ring is 1. The highest BCUT2D eigenvalue weighted by Gasteiger charge is 2.21. The quantitative estimate of drug-likeness (QED) is 0.617. The summed E-state index contributed by atoms with van der Waals surface area (Å²) < 4.78 is 28.0. The lowest BCUT2D eigenvalue weighted by molar-refractivity contribution is 0.494. The van der Waals surface area contributed by atoms with E-state index in [1.807, 2.05) is 0 Å². The molecule has 0 aliphatic carbocycles. The van der Waals surface area contributed by atoms with E-state index in [4.69, 9.17) is 5.73 Å². The van der Waals surface area contributed by atoms with Crippen LogP contribution in [0.5, 0.6) is 0 Å². The van der Waals surface area contributed by atoms with Crippen molar-refractivity contribution in [1.29, 1.82) is 0 Å². The summed E-state index contributed by atoms with van der Waals surface area (Å²) >= 11 is 0. The number of hydrogen-bond acceptors (Lipinski definition) is 4. The second kappa shape index (κ2) is 3.95. The number of nitrogens with one attached hydrogen (secondary N) is 3. The van der Waals surface area contributed by atoms with Crippen molar-refractivity contribution in [2.45, 2.75) is 33.2 Å². The van der Waals surface area contributed by atoms with Crippen molar-refractivity contribution >= 4 is 21.7 Å². The fourth-order valence-electron chi connectivity index (χ4n) is 1.07. The van der Waals surface area contributed by atoms with Gasteiger partial charge in [0.25, 0.3) is 0 Å². The smallest absolute Gasteiger partial charge is 0.300 e. The fraction of sp³-hybridized carbons (Fsp3) is 0.625. The first kappa shape index (κ1) is 12.8. The van der Waals surface area contributed by atoms with Crippen molar-refractivity contribution in [2.24, 2.45) is 0 Å². The van der Waals surface area contributed by atoms with Crippen LogP contribution in [-0.4, -0.2) is 24.2 Å². The van der Waals surface area contributed by atoms with Gasteiger partial charge in [-0.25, -0.2) is 0 Å². The van der Waals surface area contributed by atoms with Crippen molar-refractivity contribution in [1.82, 2.24) is 14.9 Å². The Kier molecular flexibility index (Phi) is 3.15. The summed E-state index contributed by atoms with van der Waals surface area (Å²) in [6.07, 6.45) is 0. The predicted molar refractivity (Wildman–Crippen MR) is 63.2 cm³/mol. The maximum atomic E-state index is 11.6. The zero-order chi connectivity index (χ0) is 12.6. The summed E-state index contributed by atoms with van der Waals surface area (Å²) in [6.45, 7) is 6.93. The predicted octanol–water partition coefficient (Wildman–Crippen LogP) is 0.345. The van der Waals surface area contributed by atoms with Gasteiger partial charge >= 0.3 is 10.2 Å². The third kappa shape index (κ3) is 3.38. The Bertz CT molecular complexity index is 471. The van der Waals surface area contributed by atoms with Crippen molar-refractivity contribution < 1.29 is 8.42 Å². The average molecular weight is 247 g/mol. The largest absolute Gasteiger partial charge is 0.394 e. The van der Waals surface area contributed by atoms with Crippen LogP contribution in [0.2, 0.25) is 0 Å². The third-order valence-corrected chi connectivity index (χ3v) is 3.01. The van der Waals surface area contributed by atoms with Crippen molar-refractivity contribution in [3.8, 4) is 0 Å². The molecule has 1 rings (SSSR count). The molecule has 0 amide bonds. The topological polar surface area (TPSA) is 113 Å². The highest BCUT2D eigenvalue weighted by Crippen LogP contribution is 2.19. The first-order valence-corrected chi connectivity index (χ1v) is 6.21. The Morgan fingerprint density at radius 1 is 1.38 bits per heavy atom. The molecule has 0 bridgehead atoms. The normalized spacial score (nSPS) is 12.8. The number of anilines is 2. The number of hydrogen-bond donors (Lipinski definition) is 4. The lowest BCUT2D eigenvalue weighted by atomic mass is 10.1. The van der Waals surface area contributed by atoms with Crippen LogP contribution in [0.4, 0.5) is 11.5 Å². The Hall–Kier alpha value is -1.28. The van der Waals surface area contributed by atoms with Crippen molar-refractivity contribution in [2.75, 3.05) is 10.5 Å². The molecule has 0 aromatic carbocycles. The van der Waals surface area contributed by atoms with Gasteiger partial charge in [0, 0.05) is 5.54 Å². The minimum Gasteiger partial charge on any atom is -0.394 e. The number of aromatic nitrogens is 2. The standard InChI is InChI=1S/C8H17N5O2S/c1-5-6(9)7(11-10-5)12-16(14,15)13-8(2,3)4/h13H,9H2,1-4H3,(H2,10,11,12). The lowest BCUT2D eigenvalue weighted by Gasteiger charge is -2.20. The second-order valence-electron chi connectivity index (χ2n) is 4.57. The Morgan fingerprint density at radius 3 is 2.31 bits per heavy atom. The van der Waals surface area contributed by atoms with Gasteiger partial charge in [0.1, 0.15) is 0 Å². The first-order chi connectivity index (χ1) is 7.11. The zero-order valence-electron chi connectivity index (χ0n) is 9.75. The van der Waals surface area contributed by atoms with Crippen molar-refractivity contribution in [3.05, 3.63) is 5.69 Å². The van der Waals surface area contributed by atoms with E-state index in [0.717, 1.165) is 0 Å². The van der Waals surface area contributed by atoms with E-state index in [-0.39, 0.29) is 5.82 Å². The number of nitrogens with zero attached hydrogens (tertiary/aromatic N) is 1. The molecular formula is C8H17N5O2S. The monoisotopic (exact) mass is 247 g/mol. The van der Waals surface area contributed by atoms with E-state index in [9.17, 15) is 8.42 Å². The molecule has 7 nitrogen and oxygen atoms in total. The molecule has 1 aromatic rings. The van der Waals surface area contributed by atoms with Crippen molar-refractivity contribution in [3.63, 3.8) is 0 Å². The molecule has 8 heteroatoms. The molecule has 5 N–H and O–H groups in total. The van der Waals surface area contributed by atoms with E-state index in [1.54, 1.807) is 27.7 Å². The van der Waals surface area contributed by atoms with Crippen LogP contribution in [0.25, 0.3) is 0 Å². The molecule has 0 aliphatic heterocycles. The van der Waals surface area contributed by atoms with Gasteiger partial charge in [0.15, 0.2) is 5.82 Å². The maximum absolute atomic E-state index is 11.6. The van der Waals surface area contributed by atoms with Gasteiger partial charge < -0.3 is 5.73 Å². The number of nitrogens with two attached hydrogens (primary N) is 1. The first-order valence-electron chi connectivity index (χ1n) is 4.73. The van der Waals surface area contributed by atoms with Crippen LogP contribution in [0.1, 0.15) is 26.5 Å². The minimum absolute atomic E-state index is 0.106. The molecule has 0 saturated carbocycles. The molecule has 0 fully saturated rings. The number of H-pyrrole nitrogens is 1. The second-order valence-corrected chi connectivity index (χ2v) is 5.98. The highest BCUT2D eigenvalue weighted by atomic mass is 32.2. The summed E-state index contributed by atoms with van der Waals surface area (Å²) in [6, 6.07) is 0. The number of aromatic amines is 1. The van der Waals surface area contributed by atoms with Crippen LogP contribution < -0.4 is 15.2 Å². The van der Waals surface area contributed by atoms with E-state index < -0.39 is 15.7 Å². The SMILES string of the molecule is Cc1[nH]nc(NS(=O)(=O)NC(C)(C)C)c1N. The maximum Gasteiger partial charge on any atom is 0.300 e. The average Bonchev–Trinajstić information content (AvgIpc) is 2.30. The van der Waals surface area contributed by atoms with Crippen LogP contribution in [-0.2, 0) is 10.2 Å². The molecular weight excluding hydrogens is 230 g/mol. The van der Waals surface area contributed by atoms with Gasteiger partial charge in [0.2, 0.25) is 0 Å². The molecule has 0 spiro atoms. The molecule has 0 radical (unpaired) electrons. The van der Waals surface area contributed by atoms with E-state index in [1.165, 1.54) is 0 Å². The highest BCUT2D eigenvalue weighted by molar-refractivity contribution is 7.90. The van der Waals surface area contributed by atoms with Gasteiger partial charge in [-0.2, -0.15) is 18.2 Å². The fourth-order valence-corrected chi connectivity index (χ4v) is 2.34. The molecule has 0 unspecified atom stereocenters. The molecule has 1 heterocycles. The summed E-state index contributed by atoms with van der Waals surface area (Å²) in [5.41, 5.74) is 5.97. The lowest BCUT2D eigenvalue weighted by Crippen LogP contribution is -2.43. The zero-order valence-corrected chi connectivity index (χ0v) is 10.6. The van der Waals surface area contributed by atoms with Crippen LogP contribution >= 0.6 is 0 Å². The van der Waals surface area contributed by atoms with Gasteiger partial charge in [0.05, 0.1) is 11.4 Å². The van der Waals surface area contributed by atoms with Gasteiger partial charge in [-0.1, -0.05) is 0 Å². The van der Waals surface area contributed by atoms with Crippen LogP contribution in [0, 0.1) is 6.92 Å². The number of rotatable bonds is 3. The van der Waals surface area contributed by atoms with Crippen LogP contribution in [0.15, 0.2) is 0 Å². The molecule has 0 atom stereocenters. The van der Waals surface area contributed by atoms with Gasteiger partial charge in [-0.15, -0.1) is 0 Å². The Morgan fingerprint density at radius 2 is 1.94 bits per heavy atom. The van der Waals surface area contributed by atoms with E-state index in [2.05, 4.69) is 19.6 Å². The molecule has 16 heavy (non-hydrogen) atoms. The summed E-state index contributed by atoms with van der Waals surface area (Å²) in [7, 11) is -3.66. The van der Waals surface area contributed by atoms with Gasteiger partial charge in [-0.3, -0.25) is 9.82 Å². The summed E-state index contributed by atoms with van der Waals surface area (Å²) in [5, 5.41) is 6.34. The van der Waals surface area contributed by atoms with E-state index in [0.29, 0.717) is 11.4 Å². The van der Waals surface area contributed by atoms with Gasteiger partial charge in [-0.05, 0) is 27.7 Å². The molecule has 92 valence electrons. The third-order valence-electron chi connectivity index (χ3n) is 1.67. The Labute approximate surface area is 95.0 Å². The number of aryl methyl sites for hydroxylation is 1. The minimum atomic E-state index is -3.66. The summed E-state index contributed by atoms with van der Waals surface area (Å²) in [4.78, 5) is 0. The molecule has 0 saturated heterocycles. The molecule has 1 aromatic heterocycles. The van der Waals surface area contributed by atoms with E-state index >= 15 is 0 Å².